The summed E-state index contributed by atoms with van der Waals surface area (Å²) in [7, 11) is 0. The Morgan fingerprint density at radius 1 is 1.33 bits per heavy atom. The van der Waals surface area contributed by atoms with Crippen LogP contribution in [0.1, 0.15) is 5.56 Å². The van der Waals surface area contributed by atoms with E-state index in [4.69, 9.17) is 0 Å². The van der Waals surface area contributed by atoms with Crippen molar-refractivity contribution in [1.29, 1.82) is 0 Å². The van der Waals surface area contributed by atoms with Crippen LogP contribution in [0.2, 0.25) is 0 Å². The molecule has 8 nitrogen and oxygen atoms in total. The Morgan fingerprint density at radius 3 is 2.67 bits per heavy atom. The van der Waals surface area contributed by atoms with Crippen molar-refractivity contribution in [3.8, 4) is 0 Å². The van der Waals surface area contributed by atoms with Crippen LogP contribution in [-0.2, 0) is 11.2 Å². The highest BCUT2D eigenvalue weighted by Crippen LogP contribution is 2.17. The Kier molecular flexibility index (Phi) is 3.28. The summed E-state index contributed by atoms with van der Waals surface area (Å²) in [5, 5.41) is 17.8. The highest BCUT2D eigenvalue weighted by atomic mass is 16.6. The zero-order valence-electron chi connectivity index (χ0n) is 9.18. The second kappa shape index (κ2) is 5.04. The van der Waals surface area contributed by atoms with E-state index in [1.54, 1.807) is 18.2 Å². The topological polar surface area (TPSA) is 103 Å². The number of rotatable bonds is 4. The van der Waals surface area contributed by atoms with E-state index in [0.717, 1.165) is 0 Å². The predicted molar refractivity (Wildman–Crippen MR) is 61.2 cm³/mol. The van der Waals surface area contributed by atoms with E-state index in [2.05, 4.69) is 15.6 Å². The molecule has 2 aromatic rings. The zero-order valence-corrected chi connectivity index (χ0v) is 9.18. The van der Waals surface area contributed by atoms with E-state index in [0.29, 0.717) is 5.56 Å². The maximum atomic E-state index is 11.6. The van der Waals surface area contributed by atoms with Gasteiger partial charge in [-0.05, 0) is 0 Å². The first-order valence-corrected chi connectivity index (χ1v) is 5.03. The van der Waals surface area contributed by atoms with Gasteiger partial charge in [-0.25, -0.2) is 4.68 Å². The Bertz CT molecular complexity index is 567. The summed E-state index contributed by atoms with van der Waals surface area (Å²) in [6.45, 7) is 0. The molecule has 0 saturated carbocycles. The monoisotopic (exact) mass is 247 g/mol. The Labute approximate surface area is 101 Å². The first-order chi connectivity index (χ1) is 8.66. The molecule has 0 radical (unpaired) electrons. The molecular formula is C10H9N5O3. The normalized spacial score (nSPS) is 10.0. The maximum Gasteiger partial charge on any atom is 0.273 e. The van der Waals surface area contributed by atoms with Gasteiger partial charge < -0.3 is 0 Å². The second-order valence-corrected chi connectivity index (χ2v) is 3.47. The molecule has 0 bridgehead atoms. The fourth-order valence-corrected chi connectivity index (χ4v) is 1.45. The summed E-state index contributed by atoms with van der Waals surface area (Å²) in [6, 6.07) is 6.11. The third-order valence-corrected chi connectivity index (χ3v) is 2.21. The summed E-state index contributed by atoms with van der Waals surface area (Å²) < 4.78 is 1.27. The third kappa shape index (κ3) is 2.67. The van der Waals surface area contributed by atoms with Crippen LogP contribution in [0.5, 0.6) is 0 Å². The number of amides is 1. The van der Waals surface area contributed by atoms with Crippen LogP contribution in [0, 0.1) is 10.1 Å². The van der Waals surface area contributed by atoms with Crippen molar-refractivity contribution in [3.05, 3.63) is 52.6 Å². The number of nitro benzene ring substituents is 1. The molecule has 1 aromatic heterocycles. The van der Waals surface area contributed by atoms with Crippen molar-refractivity contribution in [2.75, 3.05) is 5.43 Å². The Balaban J connectivity index is 2.09. The lowest BCUT2D eigenvalue weighted by molar-refractivity contribution is -0.385. The molecule has 1 aromatic carbocycles. The molecule has 1 N–H and O–H groups in total. The average molecular weight is 247 g/mol. The third-order valence-electron chi connectivity index (χ3n) is 2.21. The van der Waals surface area contributed by atoms with Crippen LogP contribution >= 0.6 is 0 Å². The van der Waals surface area contributed by atoms with E-state index < -0.39 is 4.92 Å². The average Bonchev–Trinajstić information content (AvgIpc) is 2.82. The summed E-state index contributed by atoms with van der Waals surface area (Å²) in [4.78, 5) is 21.9. The number of nitro groups is 1. The molecule has 2 rings (SSSR count). The van der Waals surface area contributed by atoms with E-state index in [1.807, 2.05) is 0 Å². The molecule has 92 valence electrons. The number of benzene rings is 1. The number of para-hydroxylation sites is 1. The van der Waals surface area contributed by atoms with Crippen LogP contribution in [0.4, 0.5) is 5.69 Å². The SMILES string of the molecule is O=C(Cc1ccccc1[N+](=O)[O-])Nn1cnnc1. The van der Waals surface area contributed by atoms with Gasteiger partial charge in [0.15, 0.2) is 0 Å². The van der Waals surface area contributed by atoms with Crippen molar-refractivity contribution in [3.63, 3.8) is 0 Å². The molecule has 8 heteroatoms. The molecule has 0 aliphatic carbocycles. The standard InChI is InChI=1S/C10H9N5O3/c16-10(13-14-6-11-12-7-14)5-8-3-1-2-4-9(8)15(17)18/h1-4,6-7H,5H2,(H,13,16). The van der Waals surface area contributed by atoms with Crippen LogP contribution in [0.25, 0.3) is 0 Å². The minimum absolute atomic E-state index is 0.0728. The van der Waals surface area contributed by atoms with Gasteiger partial charge in [-0.15, -0.1) is 10.2 Å². The minimum atomic E-state index is -0.513. The number of nitrogens with zero attached hydrogens (tertiary/aromatic N) is 4. The van der Waals surface area contributed by atoms with Crippen molar-refractivity contribution in [2.45, 2.75) is 6.42 Å². The van der Waals surface area contributed by atoms with E-state index in [1.165, 1.54) is 23.4 Å². The summed E-state index contributed by atoms with van der Waals surface area (Å²) in [6.07, 6.45) is 2.55. The van der Waals surface area contributed by atoms with Gasteiger partial charge >= 0.3 is 0 Å². The largest absolute Gasteiger partial charge is 0.273 e. The van der Waals surface area contributed by atoms with E-state index in [-0.39, 0.29) is 18.0 Å². The van der Waals surface area contributed by atoms with Crippen molar-refractivity contribution >= 4 is 11.6 Å². The Morgan fingerprint density at radius 2 is 2.00 bits per heavy atom. The van der Waals surface area contributed by atoms with Gasteiger partial charge in [0, 0.05) is 11.6 Å². The molecule has 18 heavy (non-hydrogen) atoms. The van der Waals surface area contributed by atoms with Gasteiger partial charge in [-0.2, -0.15) is 0 Å². The van der Waals surface area contributed by atoms with Gasteiger partial charge in [0.2, 0.25) is 5.91 Å². The van der Waals surface area contributed by atoms with Crippen LogP contribution in [0.15, 0.2) is 36.9 Å². The lowest BCUT2D eigenvalue weighted by Crippen LogP contribution is -2.23. The second-order valence-electron chi connectivity index (χ2n) is 3.47. The van der Waals surface area contributed by atoms with Gasteiger partial charge in [0.05, 0.1) is 11.3 Å². The fourth-order valence-electron chi connectivity index (χ4n) is 1.45. The van der Waals surface area contributed by atoms with Crippen molar-refractivity contribution in [2.24, 2.45) is 0 Å². The number of carbonyl (C=O) groups is 1. The molecule has 0 saturated heterocycles. The quantitative estimate of drug-likeness (QED) is 0.625. The smallest absolute Gasteiger partial charge is 0.273 e. The zero-order chi connectivity index (χ0) is 13.0. The molecule has 0 aliphatic heterocycles. The number of nitrogens with one attached hydrogen (secondary N) is 1. The predicted octanol–water partition coefficient (Wildman–Crippen LogP) is 0.499. The van der Waals surface area contributed by atoms with Gasteiger partial charge in [0.1, 0.15) is 12.7 Å². The molecular weight excluding hydrogens is 238 g/mol. The summed E-state index contributed by atoms with van der Waals surface area (Å²) in [5.74, 6) is -0.385. The molecule has 1 amide bonds. The van der Waals surface area contributed by atoms with Gasteiger partial charge in [-0.1, -0.05) is 18.2 Å². The van der Waals surface area contributed by atoms with Gasteiger partial charge in [-0.3, -0.25) is 20.3 Å². The fraction of sp³-hybridized carbons (Fsp3) is 0.100. The molecule has 0 aliphatic rings. The van der Waals surface area contributed by atoms with E-state index in [9.17, 15) is 14.9 Å². The first kappa shape index (κ1) is 11.7. The number of aromatic nitrogens is 3. The van der Waals surface area contributed by atoms with Crippen molar-refractivity contribution < 1.29 is 9.72 Å². The van der Waals surface area contributed by atoms with Crippen molar-refractivity contribution in [1.82, 2.24) is 14.9 Å². The highest BCUT2D eigenvalue weighted by molar-refractivity contribution is 5.86. The van der Waals surface area contributed by atoms with Gasteiger partial charge in [0.25, 0.3) is 5.69 Å². The first-order valence-electron chi connectivity index (χ1n) is 5.03. The molecule has 0 fully saturated rings. The Hall–Kier alpha value is -2.77. The maximum absolute atomic E-state index is 11.6. The number of hydrogen-bond donors (Lipinski definition) is 1. The summed E-state index contributed by atoms with van der Waals surface area (Å²) in [5.41, 5.74) is 2.75. The molecule has 0 spiro atoms. The molecule has 1 heterocycles. The van der Waals surface area contributed by atoms with Crippen LogP contribution in [0.3, 0.4) is 0 Å². The minimum Gasteiger partial charge on any atom is -0.273 e. The van der Waals surface area contributed by atoms with E-state index >= 15 is 0 Å². The van der Waals surface area contributed by atoms with Crippen LogP contribution < -0.4 is 5.43 Å². The lowest BCUT2D eigenvalue weighted by Gasteiger charge is -2.04. The highest BCUT2D eigenvalue weighted by Gasteiger charge is 2.15. The lowest BCUT2D eigenvalue weighted by atomic mass is 10.1. The number of carbonyl (C=O) groups excluding carboxylic acids is 1. The number of hydrogen-bond acceptors (Lipinski definition) is 5. The molecule has 0 atom stereocenters. The molecule has 0 unspecified atom stereocenters. The van der Waals surface area contributed by atoms with Crippen LogP contribution in [-0.4, -0.2) is 25.7 Å². The summed E-state index contributed by atoms with van der Waals surface area (Å²) >= 11 is 0.